The van der Waals surface area contributed by atoms with Gasteiger partial charge in [0, 0.05) is 0 Å². The number of aliphatic hydroxyl groups is 2. The van der Waals surface area contributed by atoms with Crippen LogP contribution >= 0.6 is 0 Å². The third kappa shape index (κ3) is 6.50. The summed E-state index contributed by atoms with van der Waals surface area (Å²) in [6.45, 7) is 19.8. The monoisotopic (exact) mass is 538 g/mol. The molecule has 7 nitrogen and oxygen atoms in total. The molecule has 0 amide bonds. The van der Waals surface area contributed by atoms with Gasteiger partial charge >= 0.3 is 0 Å². The fourth-order valence-electron chi connectivity index (χ4n) is 7.13. The highest BCUT2D eigenvalue weighted by atomic mass is 16.8. The van der Waals surface area contributed by atoms with Crippen molar-refractivity contribution in [1.29, 1.82) is 0 Å². The van der Waals surface area contributed by atoms with Crippen molar-refractivity contribution >= 4 is 0 Å². The molecule has 0 saturated carbocycles. The van der Waals surface area contributed by atoms with Gasteiger partial charge in [0.25, 0.3) is 0 Å². The quantitative estimate of drug-likeness (QED) is 0.247. The first-order chi connectivity index (χ1) is 17.4. The van der Waals surface area contributed by atoms with E-state index in [4.69, 9.17) is 23.7 Å². The van der Waals surface area contributed by atoms with Crippen molar-refractivity contribution < 1.29 is 33.9 Å². The molecular weight excluding hydrogens is 484 g/mol. The molecule has 4 fully saturated rings. The van der Waals surface area contributed by atoms with Gasteiger partial charge < -0.3 is 33.9 Å². The molecule has 0 aliphatic carbocycles. The molecule has 4 aliphatic heterocycles. The predicted octanol–water partition coefficient (Wildman–Crippen LogP) is 5.59. The van der Waals surface area contributed by atoms with Crippen molar-refractivity contribution in [2.24, 2.45) is 0 Å². The Hall–Kier alpha value is -0.540. The molecule has 0 bridgehead atoms. The standard InChI is InChI=1S/C31H54O7/c1-10-11-17-30(8)25(37-30)15-19-28(6,32)22-12-13-24(34-22)31(9)20-16-23(36-31)29(7,33)18-14-21-26(2,3)38-27(4,5)35-21/h10,21-25,32-33H,1,11-20H2,2-9H3/t21-,22+,23+,24+,25+,28-,29-,30+,31-/m1/s1. The maximum absolute atomic E-state index is 11.4. The van der Waals surface area contributed by atoms with Gasteiger partial charge in [-0.25, -0.2) is 0 Å². The minimum absolute atomic E-state index is 0.0800. The summed E-state index contributed by atoms with van der Waals surface area (Å²) >= 11 is 0. The summed E-state index contributed by atoms with van der Waals surface area (Å²) in [7, 11) is 0. The number of hydrogen-bond acceptors (Lipinski definition) is 7. The molecule has 38 heavy (non-hydrogen) atoms. The van der Waals surface area contributed by atoms with Crippen LogP contribution in [0.4, 0.5) is 0 Å². The fourth-order valence-corrected chi connectivity index (χ4v) is 7.13. The van der Waals surface area contributed by atoms with E-state index in [0.29, 0.717) is 19.3 Å². The van der Waals surface area contributed by atoms with Crippen LogP contribution in [0.1, 0.15) is 120 Å². The average Bonchev–Trinajstić information content (AvgIpc) is 3.19. The molecule has 0 aromatic rings. The van der Waals surface area contributed by atoms with Gasteiger partial charge in [0.15, 0.2) is 5.79 Å². The number of hydrogen-bond donors (Lipinski definition) is 2. The third-order valence-electron chi connectivity index (χ3n) is 9.82. The highest BCUT2D eigenvalue weighted by Gasteiger charge is 2.55. The topological polar surface area (TPSA) is 89.9 Å². The Labute approximate surface area is 230 Å². The third-order valence-corrected chi connectivity index (χ3v) is 9.82. The lowest BCUT2D eigenvalue weighted by molar-refractivity contribution is -0.186. The summed E-state index contributed by atoms with van der Waals surface area (Å²) in [4.78, 5) is 0. The fraction of sp³-hybridized carbons (Fsp3) is 0.935. The van der Waals surface area contributed by atoms with Crippen LogP contribution in [0.15, 0.2) is 12.7 Å². The van der Waals surface area contributed by atoms with Gasteiger partial charge in [-0.15, -0.1) is 6.58 Å². The molecule has 4 aliphatic rings. The number of ether oxygens (including phenoxy) is 5. The van der Waals surface area contributed by atoms with Gasteiger partial charge in [-0.2, -0.15) is 0 Å². The van der Waals surface area contributed by atoms with Gasteiger partial charge in [-0.3, -0.25) is 0 Å². The van der Waals surface area contributed by atoms with E-state index in [9.17, 15) is 10.2 Å². The second-order valence-electron chi connectivity index (χ2n) is 14.4. The van der Waals surface area contributed by atoms with Crippen LogP contribution in [0.25, 0.3) is 0 Å². The maximum atomic E-state index is 11.4. The summed E-state index contributed by atoms with van der Waals surface area (Å²) in [5.41, 5.74) is -2.84. The van der Waals surface area contributed by atoms with Crippen molar-refractivity contribution in [2.75, 3.05) is 0 Å². The van der Waals surface area contributed by atoms with Gasteiger partial charge in [-0.1, -0.05) is 6.08 Å². The van der Waals surface area contributed by atoms with Crippen molar-refractivity contribution in [2.45, 2.75) is 184 Å². The smallest absolute Gasteiger partial charge is 0.164 e. The molecule has 0 radical (unpaired) electrons. The van der Waals surface area contributed by atoms with E-state index in [1.165, 1.54) is 0 Å². The molecule has 4 rings (SSSR count). The molecule has 2 N–H and O–H groups in total. The first-order valence-corrected chi connectivity index (χ1v) is 14.9. The van der Waals surface area contributed by atoms with E-state index in [-0.39, 0.29) is 36.1 Å². The van der Waals surface area contributed by atoms with Crippen molar-refractivity contribution in [3.05, 3.63) is 12.7 Å². The lowest BCUT2D eigenvalue weighted by atomic mass is 9.86. The van der Waals surface area contributed by atoms with Gasteiger partial charge in [0.1, 0.15) is 0 Å². The van der Waals surface area contributed by atoms with Crippen LogP contribution in [0.2, 0.25) is 0 Å². The van der Waals surface area contributed by atoms with E-state index in [1.54, 1.807) is 0 Å². The highest BCUT2D eigenvalue weighted by Crippen LogP contribution is 2.48. The zero-order chi connectivity index (χ0) is 28.2. The van der Waals surface area contributed by atoms with E-state index in [0.717, 1.165) is 44.9 Å². The predicted molar refractivity (Wildman–Crippen MR) is 147 cm³/mol. The van der Waals surface area contributed by atoms with Crippen molar-refractivity contribution in [3.8, 4) is 0 Å². The van der Waals surface area contributed by atoms with Gasteiger partial charge in [-0.05, 0) is 120 Å². The summed E-state index contributed by atoms with van der Waals surface area (Å²) in [6, 6.07) is 0. The average molecular weight is 539 g/mol. The Bertz CT molecular complexity index is 851. The largest absolute Gasteiger partial charge is 0.387 e. The van der Waals surface area contributed by atoms with E-state index in [1.807, 2.05) is 47.6 Å². The molecule has 0 aromatic carbocycles. The first-order valence-electron chi connectivity index (χ1n) is 14.9. The Morgan fingerprint density at radius 1 is 0.842 bits per heavy atom. The SMILES string of the molecule is C=CCC[C@]1(C)O[C@H]1CC[C@@](C)(O)[C@@H]1CC[C@@H]([C@@]2(C)CC[C@@H]([C@](C)(O)CC[C@H]3OC(C)(C)OC3(C)C)O2)O1. The molecule has 0 unspecified atom stereocenters. The van der Waals surface area contributed by atoms with Crippen LogP contribution in [0.3, 0.4) is 0 Å². The van der Waals surface area contributed by atoms with Crippen LogP contribution in [-0.4, -0.2) is 74.5 Å². The minimum Gasteiger partial charge on any atom is -0.387 e. The molecule has 4 saturated heterocycles. The lowest BCUT2D eigenvalue weighted by Gasteiger charge is -2.37. The van der Waals surface area contributed by atoms with E-state index >= 15 is 0 Å². The molecule has 9 atom stereocenters. The minimum atomic E-state index is -0.976. The Morgan fingerprint density at radius 2 is 1.47 bits per heavy atom. The molecule has 4 heterocycles. The molecular formula is C31H54O7. The summed E-state index contributed by atoms with van der Waals surface area (Å²) in [5, 5.41) is 22.8. The van der Waals surface area contributed by atoms with Gasteiger partial charge in [0.2, 0.25) is 0 Å². The lowest BCUT2D eigenvalue weighted by Crippen LogP contribution is -2.47. The van der Waals surface area contributed by atoms with Crippen molar-refractivity contribution in [1.82, 2.24) is 0 Å². The second kappa shape index (κ2) is 10.4. The van der Waals surface area contributed by atoms with Crippen molar-refractivity contribution in [3.63, 3.8) is 0 Å². The van der Waals surface area contributed by atoms with Crippen LogP contribution in [0.5, 0.6) is 0 Å². The Kier molecular flexibility index (Phi) is 8.31. The zero-order valence-electron chi connectivity index (χ0n) is 25.2. The zero-order valence-corrected chi connectivity index (χ0v) is 25.2. The highest BCUT2D eigenvalue weighted by molar-refractivity contribution is 5.04. The number of rotatable bonds is 12. The second-order valence-corrected chi connectivity index (χ2v) is 14.4. The van der Waals surface area contributed by atoms with E-state index in [2.05, 4.69) is 20.4 Å². The summed E-state index contributed by atoms with van der Waals surface area (Å²) in [6.07, 6.45) is 9.38. The van der Waals surface area contributed by atoms with E-state index < -0.39 is 28.2 Å². The summed E-state index contributed by atoms with van der Waals surface area (Å²) < 4.78 is 31.2. The van der Waals surface area contributed by atoms with Gasteiger partial charge in [0.05, 0.1) is 58.5 Å². The molecule has 7 heteroatoms. The normalized spacial score (nSPS) is 43.1. The number of epoxide rings is 1. The Morgan fingerprint density at radius 3 is 2.08 bits per heavy atom. The summed E-state index contributed by atoms with van der Waals surface area (Å²) in [5.74, 6) is -0.614. The maximum Gasteiger partial charge on any atom is 0.164 e. The Balaban J connectivity index is 1.26. The van der Waals surface area contributed by atoms with Crippen LogP contribution in [0, 0.1) is 0 Å². The molecule has 0 aromatic heterocycles. The number of allylic oxidation sites excluding steroid dienone is 1. The van der Waals surface area contributed by atoms with Crippen LogP contribution < -0.4 is 0 Å². The first kappa shape index (κ1) is 30.4. The molecule has 220 valence electrons. The molecule has 0 spiro atoms. The van der Waals surface area contributed by atoms with Crippen LogP contribution in [-0.2, 0) is 23.7 Å².